The number of nitrogens with two attached hydrogens (primary N) is 1. The van der Waals surface area contributed by atoms with E-state index in [1.807, 2.05) is 6.92 Å². The van der Waals surface area contributed by atoms with Crippen LogP contribution < -0.4 is 5.73 Å². The molecule has 2 N–H and O–H groups in total. The summed E-state index contributed by atoms with van der Waals surface area (Å²) in [6.07, 6.45) is 1.38. The summed E-state index contributed by atoms with van der Waals surface area (Å²) in [7, 11) is 0. The van der Waals surface area contributed by atoms with Crippen molar-refractivity contribution in [1.82, 2.24) is 0 Å². The average molecular weight is 316 g/mol. The summed E-state index contributed by atoms with van der Waals surface area (Å²) in [5, 5.41) is 3.98. The second-order valence-electron chi connectivity index (χ2n) is 5.36. The van der Waals surface area contributed by atoms with Gasteiger partial charge in [-0.2, -0.15) is 0 Å². The Morgan fingerprint density at radius 1 is 1.04 bits per heavy atom. The first-order valence-corrected chi connectivity index (χ1v) is 7.38. The second kappa shape index (κ2) is 7.22. The van der Waals surface area contributed by atoms with E-state index in [9.17, 15) is 8.78 Å². The summed E-state index contributed by atoms with van der Waals surface area (Å²) >= 11 is 0. The Morgan fingerprint density at radius 2 is 1.48 bits per heavy atom. The molecule has 0 radical (unpaired) electrons. The zero-order valence-corrected chi connectivity index (χ0v) is 12.8. The van der Waals surface area contributed by atoms with E-state index >= 15 is 0 Å². The number of hydrogen-bond acceptors (Lipinski definition) is 2. The maximum atomic E-state index is 13.3. The van der Waals surface area contributed by atoms with Crippen LogP contribution in [-0.2, 0) is 5.54 Å². The van der Waals surface area contributed by atoms with Crippen LogP contribution in [0.5, 0.6) is 0 Å². The molecule has 120 valence electrons. The first kappa shape index (κ1) is 16.9. The summed E-state index contributed by atoms with van der Waals surface area (Å²) in [5.41, 5.74) is 15.4. The minimum absolute atomic E-state index is 0.397. The van der Waals surface area contributed by atoms with E-state index in [0.29, 0.717) is 17.5 Å². The normalized spacial score (nSPS) is 12.5. The Labute approximate surface area is 133 Å². The second-order valence-corrected chi connectivity index (χ2v) is 5.36. The molecular formula is C17H18F2N4. The number of hydrogen-bond donors (Lipinski definition) is 1. The molecule has 0 bridgehead atoms. The Morgan fingerprint density at radius 3 is 1.83 bits per heavy atom. The lowest BCUT2D eigenvalue weighted by Crippen LogP contribution is -2.44. The van der Waals surface area contributed by atoms with Crippen molar-refractivity contribution in [3.63, 3.8) is 0 Å². The summed E-state index contributed by atoms with van der Waals surface area (Å²) < 4.78 is 26.6. The molecule has 0 saturated heterocycles. The number of benzene rings is 2. The van der Waals surface area contributed by atoms with Crippen molar-refractivity contribution in [2.24, 2.45) is 10.8 Å². The SMILES string of the molecule is CCC[C@H](N)C(N=[N+]=[N-])(c1ccc(F)cc1)c1ccc(F)cc1. The molecule has 0 amide bonds. The topological polar surface area (TPSA) is 74.8 Å². The van der Waals surface area contributed by atoms with Gasteiger partial charge in [-0.05, 0) is 47.3 Å². The molecule has 0 saturated carbocycles. The molecule has 23 heavy (non-hydrogen) atoms. The van der Waals surface area contributed by atoms with Crippen molar-refractivity contribution >= 4 is 0 Å². The fraction of sp³-hybridized carbons (Fsp3) is 0.294. The molecule has 6 heteroatoms. The molecule has 0 unspecified atom stereocenters. The zero-order valence-electron chi connectivity index (χ0n) is 12.8. The molecule has 2 aromatic rings. The Kier molecular flexibility index (Phi) is 5.32. The van der Waals surface area contributed by atoms with Crippen molar-refractivity contribution in [2.75, 3.05) is 0 Å². The van der Waals surface area contributed by atoms with Crippen molar-refractivity contribution in [3.8, 4) is 0 Å². The van der Waals surface area contributed by atoms with Gasteiger partial charge in [0.05, 0.1) is 0 Å². The smallest absolute Gasteiger partial charge is 0.123 e. The third-order valence-electron chi connectivity index (χ3n) is 3.91. The van der Waals surface area contributed by atoms with E-state index in [-0.39, 0.29) is 0 Å². The van der Waals surface area contributed by atoms with Crippen molar-refractivity contribution in [1.29, 1.82) is 0 Å². The summed E-state index contributed by atoms with van der Waals surface area (Å²) in [6.45, 7) is 1.97. The highest BCUT2D eigenvalue weighted by atomic mass is 19.1. The first-order chi connectivity index (χ1) is 11.0. The average Bonchev–Trinajstić information content (AvgIpc) is 2.54. The van der Waals surface area contributed by atoms with Gasteiger partial charge in [-0.25, -0.2) is 8.78 Å². The molecule has 0 fully saturated rings. The zero-order chi connectivity index (χ0) is 16.9. The summed E-state index contributed by atoms with van der Waals surface area (Å²) in [4.78, 5) is 2.97. The van der Waals surface area contributed by atoms with E-state index < -0.39 is 23.2 Å². The highest BCUT2D eigenvalue weighted by Crippen LogP contribution is 2.38. The number of halogens is 2. The molecule has 0 heterocycles. The van der Waals surface area contributed by atoms with Crippen LogP contribution in [0, 0.1) is 11.6 Å². The van der Waals surface area contributed by atoms with E-state index in [0.717, 1.165) is 6.42 Å². The van der Waals surface area contributed by atoms with E-state index in [1.54, 1.807) is 24.3 Å². The quantitative estimate of drug-likeness (QED) is 0.470. The van der Waals surface area contributed by atoms with Gasteiger partial charge in [-0.3, -0.25) is 0 Å². The summed E-state index contributed by atoms with van der Waals surface area (Å²) in [5.74, 6) is -0.793. The monoisotopic (exact) mass is 316 g/mol. The molecule has 4 nitrogen and oxygen atoms in total. The third kappa shape index (κ3) is 3.33. The molecule has 2 rings (SSSR count). The predicted molar refractivity (Wildman–Crippen MR) is 85.6 cm³/mol. The van der Waals surface area contributed by atoms with Gasteiger partial charge in [0.2, 0.25) is 0 Å². The minimum atomic E-state index is -1.22. The van der Waals surface area contributed by atoms with Gasteiger partial charge in [-0.1, -0.05) is 42.7 Å². The maximum Gasteiger partial charge on any atom is 0.123 e. The molecular weight excluding hydrogens is 298 g/mol. The fourth-order valence-corrected chi connectivity index (χ4v) is 2.78. The van der Waals surface area contributed by atoms with Gasteiger partial charge < -0.3 is 5.73 Å². The fourth-order valence-electron chi connectivity index (χ4n) is 2.78. The van der Waals surface area contributed by atoms with E-state index in [4.69, 9.17) is 11.3 Å². The molecule has 0 aliphatic heterocycles. The van der Waals surface area contributed by atoms with Gasteiger partial charge in [0.15, 0.2) is 0 Å². The van der Waals surface area contributed by atoms with Crippen LogP contribution >= 0.6 is 0 Å². The lowest BCUT2D eigenvalue weighted by molar-refractivity contribution is 0.393. The Balaban J connectivity index is 2.71. The van der Waals surface area contributed by atoms with Crippen molar-refractivity contribution in [3.05, 3.63) is 81.7 Å². The standard InChI is InChI=1S/C17H18F2N4/c1-2-3-16(20)17(22-23-21,12-4-8-14(18)9-5-12)13-6-10-15(19)11-7-13/h4-11,16H,2-3,20H2,1H3/t16-/m0/s1. The van der Waals surface area contributed by atoms with Crippen LogP contribution in [-0.4, -0.2) is 6.04 Å². The van der Waals surface area contributed by atoms with Crippen molar-refractivity contribution in [2.45, 2.75) is 31.3 Å². The molecule has 2 aromatic carbocycles. The van der Waals surface area contributed by atoms with Crippen molar-refractivity contribution < 1.29 is 8.78 Å². The van der Waals surface area contributed by atoms with Crippen LogP contribution in [0.3, 0.4) is 0 Å². The number of azide groups is 1. The van der Waals surface area contributed by atoms with Crippen LogP contribution in [0.15, 0.2) is 53.6 Å². The summed E-state index contributed by atoms with van der Waals surface area (Å²) in [6, 6.07) is 10.8. The lowest BCUT2D eigenvalue weighted by Gasteiger charge is -2.36. The van der Waals surface area contributed by atoms with Gasteiger partial charge in [0.1, 0.15) is 17.2 Å². The van der Waals surface area contributed by atoms with Gasteiger partial charge in [0.25, 0.3) is 0 Å². The largest absolute Gasteiger partial charge is 0.326 e. The molecule has 1 atom stereocenters. The molecule has 0 spiro atoms. The Bertz CT molecular complexity index is 646. The third-order valence-corrected chi connectivity index (χ3v) is 3.91. The highest BCUT2D eigenvalue weighted by Gasteiger charge is 2.39. The maximum absolute atomic E-state index is 13.3. The Hall–Kier alpha value is -2.43. The highest BCUT2D eigenvalue weighted by molar-refractivity contribution is 5.41. The lowest BCUT2D eigenvalue weighted by atomic mass is 9.76. The van der Waals surface area contributed by atoms with Crippen LogP contribution in [0.1, 0.15) is 30.9 Å². The van der Waals surface area contributed by atoms with E-state index in [1.165, 1.54) is 24.3 Å². The van der Waals surface area contributed by atoms with Crippen LogP contribution in [0.25, 0.3) is 10.4 Å². The first-order valence-electron chi connectivity index (χ1n) is 7.38. The number of rotatable bonds is 6. The van der Waals surface area contributed by atoms with Gasteiger partial charge in [-0.15, -0.1) is 0 Å². The van der Waals surface area contributed by atoms with Crippen LogP contribution in [0.4, 0.5) is 8.78 Å². The molecule has 0 aliphatic carbocycles. The molecule has 0 aliphatic rings. The van der Waals surface area contributed by atoms with E-state index in [2.05, 4.69) is 10.0 Å². The van der Waals surface area contributed by atoms with Gasteiger partial charge >= 0.3 is 0 Å². The number of nitrogens with zero attached hydrogens (tertiary/aromatic N) is 3. The van der Waals surface area contributed by atoms with Crippen LogP contribution in [0.2, 0.25) is 0 Å². The molecule has 0 aromatic heterocycles. The minimum Gasteiger partial charge on any atom is -0.326 e. The predicted octanol–water partition coefficient (Wildman–Crippen LogP) is 4.65. The van der Waals surface area contributed by atoms with Gasteiger partial charge in [0, 0.05) is 11.0 Å².